The van der Waals surface area contributed by atoms with Crippen molar-refractivity contribution in [3.05, 3.63) is 88.2 Å². The van der Waals surface area contributed by atoms with Crippen LogP contribution >= 0.6 is 11.6 Å². The van der Waals surface area contributed by atoms with Crippen molar-refractivity contribution >= 4 is 44.3 Å². The van der Waals surface area contributed by atoms with E-state index in [1.54, 1.807) is 18.2 Å². The van der Waals surface area contributed by atoms with Gasteiger partial charge in [0.1, 0.15) is 29.3 Å². The number of alkyl halides is 2. The second kappa shape index (κ2) is 11.8. The van der Waals surface area contributed by atoms with Crippen molar-refractivity contribution in [1.29, 1.82) is 0 Å². The zero-order valence-electron chi connectivity index (χ0n) is 21.1. The van der Waals surface area contributed by atoms with Gasteiger partial charge in [-0.2, -0.15) is 8.78 Å². The second-order valence-corrected chi connectivity index (χ2v) is 12.2. The minimum absolute atomic E-state index is 0.0751. The van der Waals surface area contributed by atoms with Crippen molar-refractivity contribution in [2.24, 2.45) is 5.92 Å². The van der Waals surface area contributed by atoms with Crippen molar-refractivity contribution < 1.29 is 31.5 Å². The molecule has 2 aliphatic rings. The largest absolute Gasteiger partial charge is 0.399 e. The van der Waals surface area contributed by atoms with Gasteiger partial charge in [-0.05, 0) is 61.1 Å². The number of Topliss-reactive ketones (excluding diaryl/α,β-unsaturated/α-hetero) is 2. The van der Waals surface area contributed by atoms with Crippen molar-refractivity contribution in [3.8, 4) is 0 Å². The number of carbonyl (C=O) groups is 2. The molecule has 0 heterocycles. The van der Waals surface area contributed by atoms with Gasteiger partial charge in [0.25, 0.3) is 0 Å². The molecule has 0 spiro atoms. The van der Waals surface area contributed by atoms with Gasteiger partial charge in [0.05, 0.1) is 21.7 Å². The summed E-state index contributed by atoms with van der Waals surface area (Å²) < 4.78 is 55.7. The summed E-state index contributed by atoms with van der Waals surface area (Å²) in [6.45, 7) is -1.68. The van der Waals surface area contributed by atoms with Crippen LogP contribution in [0.5, 0.6) is 0 Å². The van der Waals surface area contributed by atoms with Crippen LogP contribution in [-0.2, 0) is 30.6 Å². The van der Waals surface area contributed by atoms with E-state index in [0.717, 1.165) is 12.8 Å². The van der Waals surface area contributed by atoms with Gasteiger partial charge >= 0.3 is 6.61 Å². The van der Waals surface area contributed by atoms with E-state index < -0.39 is 22.4 Å². The summed E-state index contributed by atoms with van der Waals surface area (Å²) in [5.41, 5.74) is 7.90. The van der Waals surface area contributed by atoms with Crippen LogP contribution in [0.2, 0.25) is 5.02 Å². The fourth-order valence-electron chi connectivity index (χ4n) is 4.44. The number of sulfone groups is 1. The Bertz CT molecular complexity index is 1480. The molecule has 0 aliphatic heterocycles. The van der Waals surface area contributed by atoms with Crippen molar-refractivity contribution in [1.82, 2.24) is 0 Å². The second-order valence-electron chi connectivity index (χ2n) is 9.73. The summed E-state index contributed by atoms with van der Waals surface area (Å²) in [6.07, 6.45) is 8.54. The Morgan fingerprint density at radius 1 is 1.18 bits per heavy atom. The molecule has 1 fully saturated rings. The van der Waals surface area contributed by atoms with Crippen LogP contribution in [0, 0.1) is 12.0 Å². The van der Waals surface area contributed by atoms with E-state index in [4.69, 9.17) is 17.3 Å². The van der Waals surface area contributed by atoms with Gasteiger partial charge in [0, 0.05) is 36.1 Å². The van der Waals surface area contributed by atoms with Crippen LogP contribution in [0.4, 0.5) is 14.5 Å². The number of ketones is 2. The number of rotatable bonds is 12. The van der Waals surface area contributed by atoms with Gasteiger partial charge < -0.3 is 10.5 Å². The van der Waals surface area contributed by atoms with Crippen LogP contribution in [0.15, 0.2) is 65.3 Å². The summed E-state index contributed by atoms with van der Waals surface area (Å²) >= 11 is 6.38. The number of nitrogen functional groups attached to an aromatic ring is 1. The quantitative estimate of drug-likeness (QED) is 0.251. The molecule has 1 unspecified atom stereocenters. The summed E-state index contributed by atoms with van der Waals surface area (Å²) in [5.74, 6) is -1.19. The molecule has 204 valence electrons. The SMILES string of the molecule is CC(=O)CC(C(=O)Cc1cc(C2=C(OC(F)F)C=[C+]C=C2)c(Cl)cc1N)c1ccc(S(=O)(=O)CC2CC2)cc1. The standard InChI is InChI=1S/C29H27ClF2NO5S/c1-17(34)12-23(19-8-10-21(11-9-19)39(36,37)16-18-6-7-18)27(35)14-20-13-24(25(30)15-26(20)33)22-4-2-3-5-28(22)38-29(31)32/h2,4-5,8-11,13,15,18,23,29H,6-7,12,14,16,33H2,1H3/q+1. The maximum absolute atomic E-state index is 13.5. The van der Waals surface area contributed by atoms with Crippen LogP contribution in [0.1, 0.15) is 48.8 Å². The Morgan fingerprint density at radius 2 is 1.87 bits per heavy atom. The molecule has 39 heavy (non-hydrogen) atoms. The van der Waals surface area contributed by atoms with Gasteiger partial charge in [0.2, 0.25) is 5.76 Å². The number of carbonyl (C=O) groups excluding carboxylic acids is 2. The molecular weight excluding hydrogens is 548 g/mol. The lowest BCUT2D eigenvalue weighted by atomic mass is 9.86. The minimum Gasteiger partial charge on any atom is -0.398 e. The average molecular weight is 575 g/mol. The van der Waals surface area contributed by atoms with Crippen molar-refractivity contribution in [2.75, 3.05) is 11.5 Å². The Hall–Kier alpha value is -3.39. The number of allylic oxidation sites excluding steroid dienone is 5. The monoisotopic (exact) mass is 574 g/mol. The first-order chi connectivity index (χ1) is 18.4. The van der Waals surface area contributed by atoms with Crippen LogP contribution in [0.3, 0.4) is 0 Å². The van der Waals surface area contributed by atoms with E-state index in [1.165, 1.54) is 43.4 Å². The predicted octanol–water partition coefficient (Wildman–Crippen LogP) is 5.86. The molecule has 6 nitrogen and oxygen atoms in total. The van der Waals surface area contributed by atoms with Crippen molar-refractivity contribution in [3.63, 3.8) is 0 Å². The van der Waals surface area contributed by atoms with E-state index in [1.807, 2.05) is 0 Å². The fraction of sp³-hybridized carbons (Fsp3) is 0.310. The molecule has 1 saturated carbocycles. The Kier molecular flexibility index (Phi) is 8.64. The third kappa shape index (κ3) is 7.18. The lowest BCUT2D eigenvalue weighted by Crippen LogP contribution is -2.19. The van der Waals surface area contributed by atoms with E-state index >= 15 is 0 Å². The van der Waals surface area contributed by atoms with Gasteiger partial charge in [-0.1, -0.05) is 23.7 Å². The molecule has 2 aliphatic carbocycles. The lowest BCUT2D eigenvalue weighted by Gasteiger charge is -2.17. The molecule has 2 aromatic rings. The molecule has 0 radical (unpaired) electrons. The number of hydrogen-bond donors (Lipinski definition) is 1. The summed E-state index contributed by atoms with van der Waals surface area (Å²) in [5, 5.41) is 0.178. The first-order valence-corrected chi connectivity index (χ1v) is 14.4. The average Bonchev–Trinajstić information content (AvgIpc) is 3.67. The third-order valence-corrected chi connectivity index (χ3v) is 8.81. The zero-order chi connectivity index (χ0) is 28.3. The highest BCUT2D eigenvalue weighted by Crippen LogP contribution is 2.36. The third-order valence-electron chi connectivity index (χ3n) is 6.60. The summed E-state index contributed by atoms with van der Waals surface area (Å²) in [4.78, 5) is 25.7. The normalized spacial score (nSPS) is 15.8. The highest BCUT2D eigenvalue weighted by molar-refractivity contribution is 7.91. The van der Waals surface area contributed by atoms with Gasteiger partial charge in [-0.25, -0.2) is 8.42 Å². The number of benzene rings is 2. The number of hydrogen-bond acceptors (Lipinski definition) is 6. The maximum atomic E-state index is 13.5. The van der Waals surface area contributed by atoms with Gasteiger partial charge in [0.15, 0.2) is 9.84 Å². The molecule has 4 rings (SSSR count). The highest BCUT2D eigenvalue weighted by atomic mass is 35.5. The minimum atomic E-state index is -3.42. The van der Waals surface area contributed by atoms with Gasteiger partial charge in [-0.3, -0.25) is 9.59 Å². The predicted molar refractivity (Wildman–Crippen MR) is 145 cm³/mol. The smallest absolute Gasteiger partial charge is 0.398 e. The highest BCUT2D eigenvalue weighted by Gasteiger charge is 2.30. The molecule has 0 saturated heterocycles. The fourth-order valence-corrected chi connectivity index (χ4v) is 6.41. The molecule has 2 aromatic carbocycles. The molecular formula is C29H27ClF2NO5S+. The number of ether oxygens (including phenoxy) is 1. The molecule has 10 heteroatoms. The number of nitrogens with two attached hydrogens (primary N) is 1. The first kappa shape index (κ1) is 28.6. The zero-order valence-corrected chi connectivity index (χ0v) is 22.7. The summed E-state index contributed by atoms with van der Waals surface area (Å²) in [6, 6.07) is 9.05. The van der Waals surface area contributed by atoms with Crippen molar-refractivity contribution in [2.45, 2.75) is 50.0 Å². The van der Waals surface area contributed by atoms with Crippen LogP contribution < -0.4 is 5.73 Å². The van der Waals surface area contributed by atoms with E-state index in [0.29, 0.717) is 16.7 Å². The lowest BCUT2D eigenvalue weighted by molar-refractivity contribution is -0.124. The number of halogens is 3. The molecule has 1 atom stereocenters. The van der Waals surface area contributed by atoms with Gasteiger partial charge in [-0.15, -0.1) is 0 Å². The maximum Gasteiger partial charge on any atom is 0.399 e. The van der Waals surface area contributed by atoms with Crippen LogP contribution in [0.25, 0.3) is 5.57 Å². The Balaban J connectivity index is 1.62. The Labute approximate surface area is 231 Å². The molecule has 0 bridgehead atoms. The van der Waals surface area contributed by atoms with Crippen LogP contribution in [-0.4, -0.2) is 32.3 Å². The molecule has 2 N–H and O–H groups in total. The van der Waals surface area contributed by atoms with E-state index in [-0.39, 0.29) is 63.0 Å². The first-order valence-electron chi connectivity index (χ1n) is 12.3. The Morgan fingerprint density at radius 3 is 2.49 bits per heavy atom. The van der Waals surface area contributed by atoms with E-state index in [2.05, 4.69) is 10.8 Å². The molecule has 0 aromatic heterocycles. The number of anilines is 1. The molecule has 0 amide bonds. The topological polar surface area (TPSA) is 104 Å². The van der Waals surface area contributed by atoms with E-state index in [9.17, 15) is 26.8 Å². The summed E-state index contributed by atoms with van der Waals surface area (Å²) in [7, 11) is -3.42.